The molecule has 0 amide bonds. The van der Waals surface area contributed by atoms with Gasteiger partial charge in [0.15, 0.2) is 0 Å². The Hall–Kier alpha value is -2.92. The van der Waals surface area contributed by atoms with Crippen LogP contribution in [0.5, 0.6) is 0 Å². The molecule has 31 heavy (non-hydrogen) atoms. The normalized spacial score (nSPS) is 18.1. The first kappa shape index (κ1) is 24.4. The lowest BCUT2D eigenvalue weighted by Crippen LogP contribution is -2.32. The molecule has 1 saturated carbocycles. The van der Waals surface area contributed by atoms with Crippen LogP contribution in [0.2, 0.25) is 0 Å². The van der Waals surface area contributed by atoms with Crippen molar-refractivity contribution in [3.05, 3.63) is 83.4 Å². The second-order valence-electron chi connectivity index (χ2n) is 7.60. The van der Waals surface area contributed by atoms with Crippen molar-refractivity contribution in [3.8, 4) is 0 Å². The van der Waals surface area contributed by atoms with Gasteiger partial charge in [-0.05, 0) is 68.7 Å². The van der Waals surface area contributed by atoms with Crippen molar-refractivity contribution in [3.63, 3.8) is 0 Å². The van der Waals surface area contributed by atoms with Gasteiger partial charge in [-0.1, -0.05) is 48.5 Å². The molecule has 2 N–H and O–H groups in total. The maximum atomic E-state index is 11.7. The third-order valence-electron chi connectivity index (χ3n) is 5.37. The van der Waals surface area contributed by atoms with Crippen LogP contribution in [0.15, 0.2) is 66.7 Å². The standard InChI is InChI=1S/C22H27NO2.C4H6O2/c1-2-25-22(24)20-10-8-18(9-11-20)19-12-14-21(15-13-19)23-16-17-6-4-3-5-7-17;1-2-3-4(5)6/h3-11,19,21,23H,2,12-16H2,1H3;2-3H,1H3,(H,5,6)/b;3-2+. The number of esters is 1. The summed E-state index contributed by atoms with van der Waals surface area (Å²) >= 11 is 0. The topological polar surface area (TPSA) is 75.6 Å². The van der Waals surface area contributed by atoms with Crippen molar-refractivity contribution < 1.29 is 19.4 Å². The Labute approximate surface area is 185 Å². The largest absolute Gasteiger partial charge is 0.478 e. The number of benzene rings is 2. The molecule has 2 aromatic rings. The second-order valence-corrected chi connectivity index (χ2v) is 7.60. The zero-order valence-corrected chi connectivity index (χ0v) is 18.4. The number of nitrogens with one attached hydrogen (secondary N) is 1. The highest BCUT2D eigenvalue weighted by Crippen LogP contribution is 2.33. The van der Waals surface area contributed by atoms with Gasteiger partial charge in [0.1, 0.15) is 0 Å². The van der Waals surface area contributed by atoms with Crippen molar-refractivity contribution in [1.29, 1.82) is 0 Å². The first-order valence-electron chi connectivity index (χ1n) is 10.9. The number of allylic oxidation sites excluding steroid dienone is 1. The van der Waals surface area contributed by atoms with Crippen LogP contribution < -0.4 is 5.32 Å². The Morgan fingerprint density at radius 3 is 2.19 bits per heavy atom. The first-order chi connectivity index (χ1) is 15.0. The van der Waals surface area contributed by atoms with E-state index in [0.717, 1.165) is 12.6 Å². The first-order valence-corrected chi connectivity index (χ1v) is 10.9. The van der Waals surface area contributed by atoms with E-state index in [2.05, 4.69) is 47.8 Å². The molecule has 3 rings (SSSR count). The number of carboxylic acids is 1. The lowest BCUT2D eigenvalue weighted by molar-refractivity contribution is -0.131. The van der Waals surface area contributed by atoms with Crippen LogP contribution in [-0.4, -0.2) is 29.7 Å². The molecule has 0 radical (unpaired) electrons. The SMILES string of the molecule is C/C=C/C(=O)O.CCOC(=O)c1ccc(C2CCC(NCc3ccccc3)CC2)cc1. The molecule has 1 aliphatic rings. The minimum absolute atomic E-state index is 0.233. The van der Waals surface area contributed by atoms with E-state index in [-0.39, 0.29) is 5.97 Å². The number of carboxylic acid groups (broad SMARTS) is 1. The fourth-order valence-electron chi connectivity index (χ4n) is 3.74. The van der Waals surface area contributed by atoms with Crippen LogP contribution in [0.25, 0.3) is 0 Å². The number of carbonyl (C=O) groups excluding carboxylic acids is 1. The predicted octanol–water partition coefficient (Wildman–Crippen LogP) is 5.33. The summed E-state index contributed by atoms with van der Waals surface area (Å²) in [5, 5.41) is 11.5. The molecule has 2 aromatic carbocycles. The van der Waals surface area contributed by atoms with Crippen molar-refractivity contribution in [2.45, 2.75) is 58.0 Å². The quantitative estimate of drug-likeness (QED) is 0.465. The zero-order valence-electron chi connectivity index (χ0n) is 18.4. The number of rotatable bonds is 7. The van der Waals surface area contributed by atoms with Gasteiger partial charge in [0.05, 0.1) is 12.2 Å². The van der Waals surface area contributed by atoms with E-state index < -0.39 is 5.97 Å². The number of aliphatic carboxylic acids is 1. The molecule has 0 spiro atoms. The highest BCUT2D eigenvalue weighted by Gasteiger charge is 2.22. The zero-order chi connectivity index (χ0) is 22.5. The summed E-state index contributed by atoms with van der Waals surface area (Å²) in [5.74, 6) is -0.522. The molecule has 1 fully saturated rings. The number of ether oxygens (including phenoxy) is 1. The van der Waals surface area contributed by atoms with Gasteiger partial charge in [-0.3, -0.25) is 0 Å². The highest BCUT2D eigenvalue weighted by atomic mass is 16.5. The van der Waals surface area contributed by atoms with Gasteiger partial charge in [0.2, 0.25) is 0 Å². The summed E-state index contributed by atoms with van der Waals surface area (Å²) < 4.78 is 5.04. The Morgan fingerprint density at radius 2 is 1.68 bits per heavy atom. The maximum Gasteiger partial charge on any atom is 0.338 e. The average molecular weight is 424 g/mol. The number of hydrogen-bond donors (Lipinski definition) is 2. The molecule has 5 heteroatoms. The van der Waals surface area contributed by atoms with Crippen molar-refractivity contribution in [2.75, 3.05) is 6.61 Å². The van der Waals surface area contributed by atoms with E-state index in [1.165, 1.54) is 42.9 Å². The molecule has 0 unspecified atom stereocenters. The highest BCUT2D eigenvalue weighted by molar-refractivity contribution is 5.89. The lowest BCUT2D eigenvalue weighted by atomic mass is 9.81. The van der Waals surface area contributed by atoms with Crippen molar-refractivity contribution in [2.24, 2.45) is 0 Å². The van der Waals surface area contributed by atoms with E-state index in [9.17, 15) is 9.59 Å². The van der Waals surface area contributed by atoms with Crippen molar-refractivity contribution >= 4 is 11.9 Å². The summed E-state index contributed by atoms with van der Waals surface area (Å²) in [5.41, 5.74) is 3.33. The molecule has 0 bridgehead atoms. The monoisotopic (exact) mass is 423 g/mol. The Morgan fingerprint density at radius 1 is 1.03 bits per heavy atom. The molecule has 166 valence electrons. The van der Waals surface area contributed by atoms with Crippen LogP contribution in [0.4, 0.5) is 0 Å². The second kappa shape index (κ2) is 13.4. The third-order valence-corrected chi connectivity index (χ3v) is 5.37. The van der Waals surface area contributed by atoms with Gasteiger partial charge in [0.25, 0.3) is 0 Å². The van der Waals surface area contributed by atoms with Crippen molar-refractivity contribution in [1.82, 2.24) is 5.32 Å². The van der Waals surface area contributed by atoms with Crippen LogP contribution in [0.3, 0.4) is 0 Å². The van der Waals surface area contributed by atoms with Gasteiger partial charge in [-0.25, -0.2) is 9.59 Å². The molecule has 0 aliphatic heterocycles. The molecule has 5 nitrogen and oxygen atoms in total. The summed E-state index contributed by atoms with van der Waals surface area (Å²) in [4.78, 5) is 21.2. The minimum Gasteiger partial charge on any atom is -0.478 e. The van der Waals surface area contributed by atoms with E-state index >= 15 is 0 Å². The van der Waals surface area contributed by atoms with Gasteiger partial charge in [-0.2, -0.15) is 0 Å². The summed E-state index contributed by atoms with van der Waals surface area (Å²) in [6.07, 6.45) is 7.37. The molecule has 0 heterocycles. The van der Waals surface area contributed by atoms with Crippen LogP contribution in [0, 0.1) is 0 Å². The molecule has 0 saturated heterocycles. The molecule has 1 aliphatic carbocycles. The summed E-state index contributed by atoms with van der Waals surface area (Å²) in [7, 11) is 0. The van der Waals surface area contributed by atoms with E-state index in [0.29, 0.717) is 24.1 Å². The fourth-order valence-corrected chi connectivity index (χ4v) is 3.74. The average Bonchev–Trinajstić information content (AvgIpc) is 2.79. The van der Waals surface area contributed by atoms with Crippen LogP contribution in [-0.2, 0) is 16.1 Å². The Kier molecular flexibility index (Phi) is 10.5. The maximum absolute atomic E-state index is 11.7. The Balaban J connectivity index is 0.000000501. The summed E-state index contributed by atoms with van der Waals surface area (Å²) in [6.45, 7) is 4.86. The third kappa shape index (κ3) is 8.77. The molecule has 0 atom stereocenters. The number of hydrogen-bond acceptors (Lipinski definition) is 4. The lowest BCUT2D eigenvalue weighted by Gasteiger charge is -2.29. The van der Waals surface area contributed by atoms with E-state index in [1.807, 2.05) is 19.1 Å². The van der Waals surface area contributed by atoms with Crippen LogP contribution in [0.1, 0.15) is 66.9 Å². The molecule has 0 aromatic heterocycles. The fraction of sp³-hybridized carbons (Fsp3) is 0.385. The summed E-state index contributed by atoms with van der Waals surface area (Å²) in [6, 6.07) is 19.2. The van der Waals surface area contributed by atoms with Gasteiger partial charge >= 0.3 is 11.9 Å². The minimum atomic E-state index is -0.891. The van der Waals surface area contributed by atoms with Gasteiger partial charge in [0, 0.05) is 18.7 Å². The van der Waals surface area contributed by atoms with Gasteiger partial charge < -0.3 is 15.2 Å². The predicted molar refractivity (Wildman–Crippen MR) is 123 cm³/mol. The molecular formula is C26H33NO4. The Bertz CT molecular complexity index is 822. The van der Waals surface area contributed by atoms with E-state index in [1.54, 1.807) is 6.92 Å². The number of carbonyl (C=O) groups is 2. The van der Waals surface area contributed by atoms with Gasteiger partial charge in [-0.15, -0.1) is 0 Å². The van der Waals surface area contributed by atoms with Crippen LogP contribution >= 0.6 is 0 Å². The smallest absolute Gasteiger partial charge is 0.338 e. The molecular weight excluding hydrogens is 390 g/mol. The van der Waals surface area contributed by atoms with E-state index in [4.69, 9.17) is 9.84 Å².